The van der Waals surface area contributed by atoms with Crippen molar-refractivity contribution in [2.45, 2.75) is 31.9 Å². The van der Waals surface area contributed by atoms with Gasteiger partial charge in [0.1, 0.15) is 5.70 Å². The molecule has 0 aromatic heterocycles. The Morgan fingerprint density at radius 3 is 2.84 bits per heavy atom. The number of carbonyl (C=O) groups excluding carboxylic acids is 1. The maximum atomic E-state index is 12.2. The molecule has 0 aromatic carbocycles. The predicted molar refractivity (Wildman–Crippen MR) is 71.2 cm³/mol. The second-order valence-electron chi connectivity index (χ2n) is 4.86. The van der Waals surface area contributed by atoms with E-state index in [-0.39, 0.29) is 17.6 Å². The van der Waals surface area contributed by atoms with E-state index < -0.39 is 18.0 Å². The van der Waals surface area contributed by atoms with E-state index in [1.54, 1.807) is 6.92 Å². The molecule has 7 heteroatoms. The molecule has 1 saturated heterocycles. The van der Waals surface area contributed by atoms with Crippen molar-refractivity contribution >= 4 is 23.6 Å². The van der Waals surface area contributed by atoms with Gasteiger partial charge in [0.05, 0.1) is 12.0 Å². The van der Waals surface area contributed by atoms with Crippen LogP contribution in [0.3, 0.4) is 0 Å². The maximum Gasteiger partial charge on any atom is 0.353 e. The van der Waals surface area contributed by atoms with Gasteiger partial charge in [0.25, 0.3) is 0 Å². The first-order chi connectivity index (χ1) is 8.97. The van der Waals surface area contributed by atoms with Crippen molar-refractivity contribution in [3.63, 3.8) is 0 Å². The molecule has 0 saturated carbocycles. The third kappa shape index (κ3) is 2.50. The summed E-state index contributed by atoms with van der Waals surface area (Å²) in [5, 5.41) is 18.9. The average molecular weight is 286 g/mol. The number of thioether (sulfide) groups is 1. The molecule has 3 atom stereocenters. The van der Waals surface area contributed by atoms with Crippen LogP contribution in [0.5, 0.6) is 0 Å². The summed E-state index contributed by atoms with van der Waals surface area (Å²) in [6, 6.07) is -0.126. The molecule has 0 spiro atoms. The van der Waals surface area contributed by atoms with E-state index in [2.05, 4.69) is 0 Å². The number of aliphatic hydroxyl groups excluding tert-OH is 1. The Morgan fingerprint density at radius 2 is 2.32 bits per heavy atom. The first-order valence-corrected chi connectivity index (χ1v) is 7.26. The summed E-state index contributed by atoms with van der Waals surface area (Å²) in [5.74, 6) is -1.21. The molecule has 4 N–H and O–H groups in total. The number of aliphatic carboxylic acids is 1. The molecular weight excluding hydrogens is 268 g/mol. The summed E-state index contributed by atoms with van der Waals surface area (Å²) in [6.07, 6.45) is 0.328. The fourth-order valence-corrected chi connectivity index (χ4v) is 3.70. The molecule has 2 heterocycles. The fourth-order valence-electron chi connectivity index (χ4n) is 2.71. The van der Waals surface area contributed by atoms with E-state index >= 15 is 0 Å². The molecule has 1 fully saturated rings. The first kappa shape index (κ1) is 14.4. The summed E-state index contributed by atoms with van der Waals surface area (Å²) in [6.45, 7) is 2.04. The van der Waals surface area contributed by atoms with Crippen LogP contribution in [0.25, 0.3) is 0 Å². The van der Waals surface area contributed by atoms with Crippen molar-refractivity contribution in [1.82, 2.24) is 4.90 Å². The summed E-state index contributed by atoms with van der Waals surface area (Å²) in [7, 11) is 0. The molecule has 1 amide bonds. The van der Waals surface area contributed by atoms with Crippen molar-refractivity contribution in [3.8, 4) is 0 Å². The maximum absolute atomic E-state index is 12.2. The Balaban J connectivity index is 2.26. The van der Waals surface area contributed by atoms with Crippen LogP contribution in [0.15, 0.2) is 10.6 Å². The number of carboxylic acid groups (broad SMARTS) is 1. The minimum Gasteiger partial charge on any atom is -0.477 e. The predicted octanol–water partition coefficient (Wildman–Crippen LogP) is -0.0239. The van der Waals surface area contributed by atoms with Gasteiger partial charge in [0.15, 0.2) is 0 Å². The van der Waals surface area contributed by atoms with Crippen molar-refractivity contribution < 1.29 is 19.8 Å². The number of carbonyl (C=O) groups is 2. The number of rotatable bonds is 5. The average Bonchev–Trinajstić information content (AvgIpc) is 2.83. The van der Waals surface area contributed by atoms with Crippen molar-refractivity contribution in [1.29, 1.82) is 0 Å². The van der Waals surface area contributed by atoms with Crippen LogP contribution in [0.2, 0.25) is 0 Å². The van der Waals surface area contributed by atoms with E-state index in [4.69, 9.17) is 5.73 Å². The summed E-state index contributed by atoms with van der Waals surface area (Å²) < 4.78 is 0. The molecule has 2 rings (SSSR count). The van der Waals surface area contributed by atoms with E-state index in [0.717, 1.165) is 4.91 Å². The lowest BCUT2D eigenvalue weighted by Gasteiger charge is -2.18. The number of fused-ring (bicyclic) bond motifs is 1. The number of amides is 1. The SMILES string of the molecule is CC(O)C1CC2CC(SCCN)=C(C(=O)O)N2C1=O. The molecule has 0 bridgehead atoms. The number of aliphatic hydroxyl groups is 1. The molecule has 3 unspecified atom stereocenters. The van der Waals surface area contributed by atoms with Gasteiger partial charge in [0.2, 0.25) is 5.91 Å². The molecule has 0 aromatic rings. The lowest BCUT2D eigenvalue weighted by Crippen LogP contribution is -2.34. The fraction of sp³-hybridized carbons (Fsp3) is 0.667. The third-order valence-electron chi connectivity index (χ3n) is 3.55. The Kier molecular flexibility index (Phi) is 4.17. The molecular formula is C12H18N2O4S. The van der Waals surface area contributed by atoms with Gasteiger partial charge >= 0.3 is 5.97 Å². The molecule has 106 valence electrons. The van der Waals surface area contributed by atoms with E-state index in [9.17, 15) is 19.8 Å². The highest BCUT2D eigenvalue weighted by Gasteiger charge is 2.49. The monoisotopic (exact) mass is 286 g/mol. The van der Waals surface area contributed by atoms with Gasteiger partial charge in [-0.2, -0.15) is 0 Å². The van der Waals surface area contributed by atoms with E-state index in [0.29, 0.717) is 25.1 Å². The number of carboxylic acids is 1. The van der Waals surface area contributed by atoms with Crippen molar-refractivity contribution in [2.75, 3.05) is 12.3 Å². The largest absolute Gasteiger partial charge is 0.477 e. The lowest BCUT2D eigenvalue weighted by molar-refractivity contribution is -0.140. The second-order valence-corrected chi connectivity index (χ2v) is 6.05. The van der Waals surface area contributed by atoms with Crippen molar-refractivity contribution in [3.05, 3.63) is 10.6 Å². The van der Waals surface area contributed by atoms with Gasteiger partial charge in [-0.15, -0.1) is 11.8 Å². The number of nitrogens with two attached hydrogens (primary N) is 1. The zero-order valence-corrected chi connectivity index (χ0v) is 11.5. The number of hydrogen-bond acceptors (Lipinski definition) is 5. The lowest BCUT2D eigenvalue weighted by atomic mass is 9.98. The van der Waals surface area contributed by atoms with Gasteiger partial charge in [-0.05, 0) is 13.3 Å². The normalized spacial score (nSPS) is 27.9. The number of hydrogen-bond donors (Lipinski definition) is 3. The Bertz CT molecular complexity index is 435. The molecule has 19 heavy (non-hydrogen) atoms. The zero-order chi connectivity index (χ0) is 14.2. The molecule has 2 aliphatic heterocycles. The van der Waals surface area contributed by atoms with Crippen LogP contribution < -0.4 is 5.73 Å². The van der Waals surface area contributed by atoms with E-state index in [1.807, 2.05) is 0 Å². The summed E-state index contributed by atoms with van der Waals surface area (Å²) in [5.41, 5.74) is 5.51. The topological polar surface area (TPSA) is 104 Å². The Hall–Kier alpha value is -1.05. The van der Waals surface area contributed by atoms with Crippen LogP contribution in [-0.4, -0.2) is 51.4 Å². The highest BCUT2D eigenvalue weighted by molar-refractivity contribution is 8.03. The Morgan fingerprint density at radius 1 is 1.63 bits per heavy atom. The molecule has 0 radical (unpaired) electrons. The molecule has 6 nitrogen and oxygen atoms in total. The Labute approximate surface area is 115 Å². The van der Waals surface area contributed by atoms with Crippen LogP contribution in [0.1, 0.15) is 19.8 Å². The summed E-state index contributed by atoms with van der Waals surface area (Å²) in [4.78, 5) is 25.7. The highest BCUT2D eigenvalue weighted by Crippen LogP contribution is 2.43. The smallest absolute Gasteiger partial charge is 0.353 e. The number of nitrogens with zero attached hydrogens (tertiary/aromatic N) is 1. The molecule has 0 aliphatic carbocycles. The van der Waals surface area contributed by atoms with Crippen molar-refractivity contribution in [2.24, 2.45) is 11.7 Å². The minimum atomic E-state index is -1.08. The van der Waals surface area contributed by atoms with Gasteiger partial charge in [-0.25, -0.2) is 4.79 Å². The van der Waals surface area contributed by atoms with Crippen LogP contribution in [0, 0.1) is 5.92 Å². The molecule has 2 aliphatic rings. The second kappa shape index (κ2) is 5.52. The van der Waals surface area contributed by atoms with Gasteiger partial charge < -0.3 is 20.8 Å². The van der Waals surface area contributed by atoms with Crippen LogP contribution in [-0.2, 0) is 9.59 Å². The minimum absolute atomic E-state index is 0.0802. The van der Waals surface area contributed by atoms with Gasteiger partial charge in [0, 0.05) is 29.7 Å². The zero-order valence-electron chi connectivity index (χ0n) is 10.7. The van der Waals surface area contributed by atoms with Crippen LogP contribution >= 0.6 is 11.8 Å². The quantitative estimate of drug-likeness (QED) is 0.656. The first-order valence-electron chi connectivity index (χ1n) is 6.27. The summed E-state index contributed by atoms with van der Waals surface area (Å²) >= 11 is 1.41. The van der Waals surface area contributed by atoms with E-state index in [1.165, 1.54) is 16.7 Å². The third-order valence-corrected chi connectivity index (χ3v) is 4.70. The standard InChI is InChI=1S/C12H18N2O4S/c1-6(15)8-4-7-5-9(19-3-2-13)10(12(17)18)14(7)11(8)16/h6-8,15H,2-5,13H2,1H3,(H,17,18). The highest BCUT2D eigenvalue weighted by atomic mass is 32.2. The van der Waals surface area contributed by atoms with Gasteiger partial charge in [-0.3, -0.25) is 4.79 Å². The van der Waals surface area contributed by atoms with Gasteiger partial charge in [-0.1, -0.05) is 0 Å². The van der Waals surface area contributed by atoms with Crippen LogP contribution in [0.4, 0.5) is 0 Å².